The van der Waals surface area contributed by atoms with E-state index in [0.29, 0.717) is 11.6 Å². The van der Waals surface area contributed by atoms with Gasteiger partial charge in [-0.2, -0.15) is 0 Å². The zero-order valence-corrected chi connectivity index (χ0v) is 11.0. The van der Waals surface area contributed by atoms with Crippen molar-refractivity contribution in [1.29, 1.82) is 0 Å². The van der Waals surface area contributed by atoms with Gasteiger partial charge in [-0.15, -0.1) is 0 Å². The molecular formula is C15H19FN2O. The molecule has 3 rings (SSSR count). The highest BCUT2D eigenvalue weighted by Crippen LogP contribution is 2.21. The molecule has 2 saturated heterocycles. The Labute approximate surface area is 113 Å². The first-order valence-corrected chi connectivity index (χ1v) is 7.03. The topological polar surface area (TPSA) is 23.6 Å². The Morgan fingerprint density at radius 2 is 1.79 bits per heavy atom. The van der Waals surface area contributed by atoms with Crippen LogP contribution in [0, 0.1) is 5.82 Å². The van der Waals surface area contributed by atoms with Crippen LogP contribution in [0.2, 0.25) is 0 Å². The van der Waals surface area contributed by atoms with Crippen LogP contribution in [0.5, 0.6) is 0 Å². The van der Waals surface area contributed by atoms with Gasteiger partial charge in [0.2, 0.25) is 0 Å². The number of nitrogens with zero attached hydrogens (tertiary/aromatic N) is 2. The summed E-state index contributed by atoms with van der Waals surface area (Å²) in [5.41, 5.74) is 0.587. The summed E-state index contributed by atoms with van der Waals surface area (Å²) >= 11 is 0. The molecule has 3 nitrogen and oxygen atoms in total. The third kappa shape index (κ3) is 2.63. The van der Waals surface area contributed by atoms with Crippen LogP contribution in [0.15, 0.2) is 24.3 Å². The lowest BCUT2D eigenvalue weighted by Gasteiger charge is -2.23. The van der Waals surface area contributed by atoms with Gasteiger partial charge < -0.3 is 4.90 Å². The second kappa shape index (κ2) is 5.29. The van der Waals surface area contributed by atoms with Gasteiger partial charge in [-0.1, -0.05) is 0 Å². The summed E-state index contributed by atoms with van der Waals surface area (Å²) in [6.07, 6.45) is 3.62. The van der Waals surface area contributed by atoms with E-state index in [1.165, 1.54) is 38.1 Å². The van der Waals surface area contributed by atoms with Crippen LogP contribution in [0.25, 0.3) is 0 Å². The van der Waals surface area contributed by atoms with Crippen molar-refractivity contribution in [2.45, 2.75) is 25.3 Å². The molecule has 1 aromatic rings. The first kappa shape index (κ1) is 12.6. The molecule has 0 aromatic heterocycles. The normalized spacial score (nSPS) is 24.1. The summed E-state index contributed by atoms with van der Waals surface area (Å²) in [6.45, 7) is 3.97. The molecule has 0 spiro atoms. The minimum absolute atomic E-state index is 0.0293. The zero-order valence-electron chi connectivity index (χ0n) is 11.0. The first-order chi connectivity index (χ1) is 9.24. The predicted octanol–water partition coefficient (Wildman–Crippen LogP) is 2.14. The van der Waals surface area contributed by atoms with E-state index >= 15 is 0 Å². The van der Waals surface area contributed by atoms with Crippen LogP contribution in [0.3, 0.4) is 0 Å². The van der Waals surface area contributed by atoms with Crippen molar-refractivity contribution < 1.29 is 9.18 Å². The Kier molecular flexibility index (Phi) is 3.51. The van der Waals surface area contributed by atoms with Crippen LogP contribution in [0.4, 0.5) is 4.39 Å². The van der Waals surface area contributed by atoms with Gasteiger partial charge in [-0.25, -0.2) is 4.39 Å². The van der Waals surface area contributed by atoms with Crippen LogP contribution in [-0.4, -0.2) is 47.9 Å². The summed E-state index contributed by atoms with van der Waals surface area (Å²) in [5, 5.41) is 0. The molecule has 2 aliphatic heterocycles. The molecule has 0 bridgehead atoms. The van der Waals surface area contributed by atoms with E-state index in [2.05, 4.69) is 4.90 Å². The van der Waals surface area contributed by atoms with E-state index in [1.54, 1.807) is 12.1 Å². The van der Waals surface area contributed by atoms with Gasteiger partial charge in [-0.3, -0.25) is 9.69 Å². The molecule has 2 aliphatic rings. The van der Waals surface area contributed by atoms with E-state index in [9.17, 15) is 9.18 Å². The third-order valence-electron chi connectivity index (χ3n) is 4.20. The lowest BCUT2D eigenvalue weighted by Crippen LogP contribution is -2.37. The minimum atomic E-state index is -0.298. The lowest BCUT2D eigenvalue weighted by molar-refractivity contribution is 0.0780. The largest absolute Gasteiger partial charge is 0.337 e. The molecule has 0 radical (unpaired) electrons. The highest BCUT2D eigenvalue weighted by Gasteiger charge is 2.31. The highest BCUT2D eigenvalue weighted by molar-refractivity contribution is 5.94. The van der Waals surface area contributed by atoms with Crippen molar-refractivity contribution in [2.24, 2.45) is 0 Å². The molecule has 1 aromatic carbocycles. The maximum Gasteiger partial charge on any atom is 0.253 e. The molecule has 1 atom stereocenters. The van der Waals surface area contributed by atoms with Crippen molar-refractivity contribution >= 4 is 5.91 Å². The Balaban J connectivity index is 1.63. The summed E-state index contributed by atoms with van der Waals surface area (Å²) in [6, 6.07) is 6.36. The summed E-state index contributed by atoms with van der Waals surface area (Å²) in [4.78, 5) is 16.7. The maximum absolute atomic E-state index is 12.9. The summed E-state index contributed by atoms with van der Waals surface area (Å²) in [5.74, 6) is -0.269. The number of carbonyl (C=O) groups excluding carboxylic acids is 1. The van der Waals surface area contributed by atoms with Crippen LogP contribution >= 0.6 is 0 Å². The molecule has 0 unspecified atom stereocenters. The number of hydrogen-bond donors (Lipinski definition) is 0. The molecule has 1 amide bonds. The van der Waals surface area contributed by atoms with Gasteiger partial charge in [-0.05, 0) is 56.6 Å². The number of rotatable bonds is 2. The van der Waals surface area contributed by atoms with Gasteiger partial charge in [0, 0.05) is 24.7 Å². The Hall–Kier alpha value is -1.42. The van der Waals surface area contributed by atoms with E-state index in [0.717, 1.165) is 19.5 Å². The van der Waals surface area contributed by atoms with Crippen LogP contribution in [0.1, 0.15) is 29.6 Å². The molecule has 2 heterocycles. The first-order valence-electron chi connectivity index (χ1n) is 7.03. The average molecular weight is 262 g/mol. The smallest absolute Gasteiger partial charge is 0.253 e. The standard InChI is InChI=1S/C15H19FN2O/c16-13-5-3-12(4-6-13)15(19)18-10-7-14(11-18)17-8-1-2-9-17/h3-6,14H,1-2,7-11H2/t14-/m0/s1. The van der Waals surface area contributed by atoms with Crippen molar-refractivity contribution in [2.75, 3.05) is 26.2 Å². The van der Waals surface area contributed by atoms with Gasteiger partial charge in [0.15, 0.2) is 0 Å². The Bertz CT molecular complexity index is 454. The number of likely N-dealkylation sites (tertiary alicyclic amines) is 2. The maximum atomic E-state index is 12.9. The van der Waals surface area contributed by atoms with Crippen LogP contribution in [-0.2, 0) is 0 Å². The van der Waals surface area contributed by atoms with E-state index in [4.69, 9.17) is 0 Å². The van der Waals surface area contributed by atoms with E-state index in [-0.39, 0.29) is 11.7 Å². The zero-order chi connectivity index (χ0) is 13.2. The molecule has 0 saturated carbocycles. The highest BCUT2D eigenvalue weighted by atomic mass is 19.1. The molecule has 4 heteroatoms. The summed E-state index contributed by atoms with van der Waals surface area (Å²) in [7, 11) is 0. The van der Waals surface area contributed by atoms with Gasteiger partial charge in [0.05, 0.1) is 0 Å². The van der Waals surface area contributed by atoms with Gasteiger partial charge >= 0.3 is 0 Å². The number of hydrogen-bond acceptors (Lipinski definition) is 2. The van der Waals surface area contributed by atoms with Gasteiger partial charge in [0.25, 0.3) is 5.91 Å². The van der Waals surface area contributed by atoms with Crippen LogP contribution < -0.4 is 0 Å². The average Bonchev–Trinajstić information content (AvgIpc) is 3.10. The van der Waals surface area contributed by atoms with Crippen molar-refractivity contribution in [3.8, 4) is 0 Å². The Morgan fingerprint density at radius 1 is 1.11 bits per heavy atom. The monoisotopic (exact) mass is 262 g/mol. The molecular weight excluding hydrogens is 243 g/mol. The number of benzene rings is 1. The molecule has 102 valence electrons. The molecule has 0 aliphatic carbocycles. The van der Waals surface area contributed by atoms with Gasteiger partial charge in [0.1, 0.15) is 5.82 Å². The lowest BCUT2D eigenvalue weighted by atomic mass is 10.2. The second-order valence-corrected chi connectivity index (χ2v) is 5.44. The predicted molar refractivity (Wildman–Crippen MR) is 71.5 cm³/mol. The van der Waals surface area contributed by atoms with E-state index < -0.39 is 0 Å². The SMILES string of the molecule is O=C(c1ccc(F)cc1)N1CC[C@H](N2CCCC2)C1. The third-order valence-corrected chi connectivity index (χ3v) is 4.20. The number of carbonyl (C=O) groups is 1. The molecule has 2 fully saturated rings. The van der Waals surface area contributed by atoms with Crippen molar-refractivity contribution in [1.82, 2.24) is 9.80 Å². The number of halogens is 1. The van der Waals surface area contributed by atoms with Crippen molar-refractivity contribution in [3.05, 3.63) is 35.6 Å². The quantitative estimate of drug-likeness (QED) is 0.815. The minimum Gasteiger partial charge on any atom is -0.337 e. The fraction of sp³-hybridized carbons (Fsp3) is 0.533. The van der Waals surface area contributed by atoms with Crippen molar-refractivity contribution in [3.63, 3.8) is 0 Å². The second-order valence-electron chi connectivity index (χ2n) is 5.44. The fourth-order valence-electron chi connectivity index (χ4n) is 3.11. The summed E-state index contributed by atoms with van der Waals surface area (Å²) < 4.78 is 12.9. The Morgan fingerprint density at radius 3 is 2.47 bits per heavy atom. The fourth-order valence-corrected chi connectivity index (χ4v) is 3.11. The van der Waals surface area contributed by atoms with E-state index in [1.807, 2.05) is 4.90 Å². The number of amides is 1. The molecule has 0 N–H and O–H groups in total. The molecule has 19 heavy (non-hydrogen) atoms.